The lowest BCUT2D eigenvalue weighted by Gasteiger charge is -2.33. The Kier molecular flexibility index (Phi) is 8.07. The van der Waals surface area contributed by atoms with E-state index >= 15 is 0 Å². The van der Waals surface area contributed by atoms with Gasteiger partial charge in [-0.2, -0.15) is 4.98 Å². The van der Waals surface area contributed by atoms with Crippen LogP contribution >= 0.6 is 0 Å². The molecule has 0 spiro atoms. The summed E-state index contributed by atoms with van der Waals surface area (Å²) in [7, 11) is 1.85. The van der Waals surface area contributed by atoms with E-state index in [4.69, 9.17) is 14.2 Å². The molecule has 2 amide bonds. The molecule has 2 aliphatic rings. The number of aromatic nitrogens is 4. The first kappa shape index (κ1) is 25.9. The lowest BCUT2D eigenvalue weighted by Crippen LogP contribution is -2.47. The van der Waals surface area contributed by atoms with Crippen LogP contribution in [-0.2, 0) is 16.5 Å². The number of amides is 2. The van der Waals surface area contributed by atoms with Crippen LogP contribution in [0.25, 0.3) is 11.5 Å². The van der Waals surface area contributed by atoms with Gasteiger partial charge in [0.2, 0.25) is 5.88 Å². The molecule has 11 nitrogen and oxygen atoms in total. The maximum atomic E-state index is 13.2. The predicted octanol–water partition coefficient (Wildman–Crippen LogP) is 2.81. The molecule has 2 aliphatic heterocycles. The van der Waals surface area contributed by atoms with Crippen LogP contribution in [-0.4, -0.2) is 81.0 Å². The molecule has 4 rings (SSSR count). The smallest absolute Gasteiger partial charge is 0.410 e. The van der Waals surface area contributed by atoms with Crippen molar-refractivity contribution in [3.8, 4) is 17.4 Å². The molecule has 36 heavy (non-hydrogen) atoms. The summed E-state index contributed by atoms with van der Waals surface area (Å²) in [5.74, 6) is 0.829. The Morgan fingerprint density at radius 1 is 1.14 bits per heavy atom. The van der Waals surface area contributed by atoms with Crippen LogP contribution in [0.2, 0.25) is 0 Å². The summed E-state index contributed by atoms with van der Waals surface area (Å²) >= 11 is 0. The van der Waals surface area contributed by atoms with Crippen molar-refractivity contribution in [3.05, 3.63) is 24.3 Å². The first-order chi connectivity index (χ1) is 17.2. The van der Waals surface area contributed by atoms with Gasteiger partial charge in [-0.3, -0.25) is 4.79 Å². The normalized spacial score (nSPS) is 17.6. The second kappa shape index (κ2) is 11.2. The number of rotatable bonds is 6. The summed E-state index contributed by atoms with van der Waals surface area (Å²) in [5.41, 5.74) is 0.384. The molecule has 196 valence electrons. The van der Waals surface area contributed by atoms with Gasteiger partial charge in [-0.25, -0.2) is 14.8 Å². The van der Waals surface area contributed by atoms with Crippen molar-refractivity contribution in [2.24, 2.45) is 13.0 Å². The van der Waals surface area contributed by atoms with Gasteiger partial charge in [0.1, 0.15) is 17.0 Å². The number of nitrogens with one attached hydrogen (secondary N) is 1. The summed E-state index contributed by atoms with van der Waals surface area (Å²) in [6.45, 7) is 8.56. The van der Waals surface area contributed by atoms with Crippen LogP contribution in [0.5, 0.6) is 5.88 Å². The second-order valence-corrected chi connectivity index (χ2v) is 10.4. The van der Waals surface area contributed by atoms with Crippen molar-refractivity contribution in [1.29, 1.82) is 0 Å². The van der Waals surface area contributed by atoms with E-state index in [1.165, 1.54) is 0 Å². The molecule has 2 aromatic heterocycles. The number of carbonyl (C=O) groups is 2. The highest BCUT2D eigenvalue weighted by Crippen LogP contribution is 2.22. The third kappa shape index (κ3) is 6.93. The number of nitrogens with zero attached hydrogens (tertiary/aromatic N) is 5. The summed E-state index contributed by atoms with van der Waals surface area (Å²) in [5, 5.41) is 3.06. The highest BCUT2D eigenvalue weighted by atomic mass is 16.6. The summed E-state index contributed by atoms with van der Waals surface area (Å²) < 4.78 is 18.7. The van der Waals surface area contributed by atoms with E-state index in [0.717, 1.165) is 26.1 Å². The minimum atomic E-state index is -0.536. The number of hydrogen-bond acceptors (Lipinski definition) is 8. The largest absolute Gasteiger partial charge is 0.477 e. The Morgan fingerprint density at radius 2 is 1.86 bits per heavy atom. The van der Waals surface area contributed by atoms with Gasteiger partial charge in [0.15, 0.2) is 5.82 Å². The molecule has 1 N–H and O–H groups in total. The molecule has 0 radical (unpaired) electrons. The van der Waals surface area contributed by atoms with Gasteiger partial charge in [-0.15, -0.1) is 0 Å². The number of ether oxygens (including phenoxy) is 3. The summed E-state index contributed by atoms with van der Waals surface area (Å²) in [6, 6.07) is 1.52. The number of carbonyl (C=O) groups excluding carboxylic acids is 2. The van der Waals surface area contributed by atoms with Gasteiger partial charge in [0, 0.05) is 45.5 Å². The van der Waals surface area contributed by atoms with Gasteiger partial charge < -0.3 is 29.0 Å². The number of likely N-dealkylation sites (tertiary alicyclic amines) is 1. The van der Waals surface area contributed by atoms with Crippen molar-refractivity contribution < 1.29 is 23.8 Å². The lowest BCUT2D eigenvalue weighted by atomic mass is 10.0. The minimum Gasteiger partial charge on any atom is -0.477 e. The molecule has 0 aromatic carbocycles. The van der Waals surface area contributed by atoms with E-state index in [-0.39, 0.29) is 23.7 Å². The molecular weight excluding hydrogens is 464 g/mol. The van der Waals surface area contributed by atoms with E-state index in [1.807, 2.05) is 27.8 Å². The molecule has 2 saturated heterocycles. The molecule has 0 bridgehead atoms. The van der Waals surface area contributed by atoms with Crippen LogP contribution in [0.15, 0.2) is 18.6 Å². The standard InChI is InChI=1S/C25H36N6O5/c1-25(2,3)36-24(33)31-9-5-18(6-10-31)27-23(32)19-13-21(35-15-17-7-11-34-12-8-17)29-22(28-19)20-14-26-16-30(20)4/h13-14,16-18H,5-12,15H2,1-4H3,(H,27,32). The molecule has 4 heterocycles. The monoisotopic (exact) mass is 500 g/mol. The zero-order valence-corrected chi connectivity index (χ0v) is 21.5. The topological polar surface area (TPSA) is 121 Å². The Labute approximate surface area is 211 Å². The number of aryl methyl sites for hydroxylation is 1. The Bertz CT molecular complexity index is 1050. The van der Waals surface area contributed by atoms with Crippen molar-refractivity contribution >= 4 is 12.0 Å². The number of hydrogen-bond donors (Lipinski definition) is 1. The van der Waals surface area contributed by atoms with Gasteiger partial charge >= 0.3 is 6.09 Å². The van der Waals surface area contributed by atoms with Crippen LogP contribution < -0.4 is 10.1 Å². The second-order valence-electron chi connectivity index (χ2n) is 10.4. The first-order valence-corrected chi connectivity index (χ1v) is 12.5. The van der Waals surface area contributed by atoms with Crippen LogP contribution in [0.3, 0.4) is 0 Å². The molecule has 0 saturated carbocycles. The molecule has 0 atom stereocenters. The predicted molar refractivity (Wildman–Crippen MR) is 132 cm³/mol. The van der Waals surface area contributed by atoms with E-state index in [0.29, 0.717) is 55.9 Å². The Hall–Kier alpha value is -3.21. The fraction of sp³-hybridized carbons (Fsp3) is 0.640. The zero-order chi connectivity index (χ0) is 25.7. The van der Waals surface area contributed by atoms with E-state index in [9.17, 15) is 9.59 Å². The SMILES string of the molecule is Cn1cncc1-c1nc(OCC2CCOCC2)cc(C(=O)NC2CCN(C(=O)OC(C)(C)C)CC2)n1. The summed E-state index contributed by atoms with van der Waals surface area (Å²) in [4.78, 5) is 40.4. The third-order valence-electron chi connectivity index (χ3n) is 6.27. The maximum Gasteiger partial charge on any atom is 0.410 e. The van der Waals surface area contributed by atoms with Crippen molar-refractivity contribution in [3.63, 3.8) is 0 Å². The molecule has 2 fully saturated rings. The van der Waals surface area contributed by atoms with Crippen LogP contribution in [0.1, 0.15) is 56.9 Å². The zero-order valence-electron chi connectivity index (χ0n) is 21.5. The molecule has 11 heteroatoms. The number of imidazole rings is 1. The molecule has 0 aliphatic carbocycles. The minimum absolute atomic E-state index is 0.0714. The number of piperidine rings is 1. The highest BCUT2D eigenvalue weighted by Gasteiger charge is 2.28. The van der Waals surface area contributed by atoms with Gasteiger partial charge in [-0.1, -0.05) is 0 Å². The van der Waals surface area contributed by atoms with E-state index in [2.05, 4.69) is 20.3 Å². The third-order valence-corrected chi connectivity index (χ3v) is 6.27. The quantitative estimate of drug-likeness (QED) is 0.643. The lowest BCUT2D eigenvalue weighted by molar-refractivity contribution is 0.0199. The average molecular weight is 501 g/mol. The Morgan fingerprint density at radius 3 is 2.50 bits per heavy atom. The fourth-order valence-electron chi connectivity index (χ4n) is 4.21. The van der Waals surface area contributed by atoms with Gasteiger partial charge in [-0.05, 0) is 52.4 Å². The van der Waals surface area contributed by atoms with E-state index in [1.54, 1.807) is 28.1 Å². The molecule has 0 unspecified atom stereocenters. The van der Waals surface area contributed by atoms with Gasteiger partial charge in [0.05, 0.1) is 19.1 Å². The van der Waals surface area contributed by atoms with E-state index < -0.39 is 5.60 Å². The maximum absolute atomic E-state index is 13.2. The van der Waals surface area contributed by atoms with Crippen LogP contribution in [0, 0.1) is 5.92 Å². The molecular formula is C25H36N6O5. The summed E-state index contributed by atoms with van der Waals surface area (Å²) in [6.07, 6.45) is 6.15. The first-order valence-electron chi connectivity index (χ1n) is 12.5. The Balaban J connectivity index is 1.42. The van der Waals surface area contributed by atoms with Crippen molar-refractivity contribution in [2.75, 3.05) is 32.9 Å². The highest BCUT2D eigenvalue weighted by molar-refractivity contribution is 5.93. The van der Waals surface area contributed by atoms with Crippen LogP contribution in [0.4, 0.5) is 4.79 Å². The molecule has 2 aromatic rings. The average Bonchev–Trinajstić information content (AvgIpc) is 3.28. The fourth-order valence-corrected chi connectivity index (χ4v) is 4.21. The van der Waals surface area contributed by atoms with Crippen molar-refractivity contribution in [1.82, 2.24) is 29.7 Å². The van der Waals surface area contributed by atoms with Crippen molar-refractivity contribution in [2.45, 2.75) is 58.1 Å². The van der Waals surface area contributed by atoms with Gasteiger partial charge in [0.25, 0.3) is 5.91 Å².